The highest BCUT2D eigenvalue weighted by atomic mass is 16.3. The van der Waals surface area contributed by atoms with E-state index in [4.69, 9.17) is 0 Å². The first-order valence-corrected chi connectivity index (χ1v) is 18.3. The van der Waals surface area contributed by atoms with Gasteiger partial charge >= 0.3 is 17.1 Å². The Labute approximate surface area is 301 Å². The zero-order valence-electron chi connectivity index (χ0n) is 32.6. The second-order valence-electron chi connectivity index (χ2n) is 14.7. The standard InChI is InChI=1S/C42H57N3O6/c1-13-22(4)31-16-25(7)34(28(10)37(31)46)19-43-40(49)44(20-35-26(8)17-32(23(5)14-2)38(47)29(35)11)42(51)45(41(43)50)21-36-27(9)18-33(24(6)15-3)39(48)30(36)12/h16-18,22-24,46-48H,13-15,19-21H2,1-12H3. The first-order chi connectivity index (χ1) is 23.9. The third kappa shape index (κ3) is 7.17. The van der Waals surface area contributed by atoms with Crippen molar-refractivity contribution in [1.82, 2.24) is 13.7 Å². The van der Waals surface area contributed by atoms with Crippen LogP contribution in [0.4, 0.5) is 0 Å². The lowest BCUT2D eigenvalue weighted by Crippen LogP contribution is -2.55. The minimum atomic E-state index is -0.779. The number of aryl methyl sites for hydroxylation is 3. The molecule has 0 saturated heterocycles. The molecule has 3 aromatic carbocycles. The van der Waals surface area contributed by atoms with Gasteiger partial charge in [-0.25, -0.2) is 28.1 Å². The number of hydrogen-bond acceptors (Lipinski definition) is 6. The maximum atomic E-state index is 14.4. The van der Waals surface area contributed by atoms with E-state index in [1.165, 1.54) is 0 Å². The molecule has 276 valence electrons. The van der Waals surface area contributed by atoms with Crippen LogP contribution < -0.4 is 17.1 Å². The molecular weight excluding hydrogens is 642 g/mol. The molecular formula is C42H57N3O6. The second-order valence-corrected chi connectivity index (χ2v) is 14.7. The molecule has 0 spiro atoms. The van der Waals surface area contributed by atoms with Gasteiger partial charge in [0.05, 0.1) is 19.6 Å². The van der Waals surface area contributed by atoms with E-state index in [1.54, 1.807) is 20.8 Å². The highest BCUT2D eigenvalue weighted by Crippen LogP contribution is 2.37. The van der Waals surface area contributed by atoms with E-state index >= 15 is 0 Å². The normalized spacial score (nSPS) is 13.4. The molecule has 0 aliphatic carbocycles. The van der Waals surface area contributed by atoms with Gasteiger partial charge in [0.2, 0.25) is 0 Å². The maximum Gasteiger partial charge on any atom is 0.336 e. The fraction of sp³-hybridized carbons (Fsp3) is 0.500. The van der Waals surface area contributed by atoms with Gasteiger partial charge in [0.1, 0.15) is 17.2 Å². The molecule has 0 aliphatic rings. The Morgan fingerprint density at radius 1 is 0.471 bits per heavy atom. The van der Waals surface area contributed by atoms with E-state index in [-0.39, 0.29) is 54.6 Å². The maximum absolute atomic E-state index is 14.4. The fourth-order valence-corrected chi connectivity index (χ4v) is 7.21. The zero-order valence-corrected chi connectivity index (χ0v) is 32.6. The summed E-state index contributed by atoms with van der Waals surface area (Å²) in [4.78, 5) is 43.1. The molecule has 3 unspecified atom stereocenters. The number of phenolic OH excluding ortho intramolecular Hbond substituents is 3. The van der Waals surface area contributed by atoms with E-state index in [0.717, 1.165) is 66.3 Å². The Hall–Kier alpha value is -4.53. The van der Waals surface area contributed by atoms with Gasteiger partial charge in [0.25, 0.3) is 0 Å². The van der Waals surface area contributed by atoms with Crippen LogP contribution in [-0.2, 0) is 19.6 Å². The van der Waals surface area contributed by atoms with Gasteiger partial charge < -0.3 is 15.3 Å². The lowest BCUT2D eigenvalue weighted by atomic mass is 9.90. The average molecular weight is 700 g/mol. The Morgan fingerprint density at radius 3 is 0.882 bits per heavy atom. The summed E-state index contributed by atoms with van der Waals surface area (Å²) in [5, 5.41) is 33.7. The molecule has 3 N–H and O–H groups in total. The quantitative estimate of drug-likeness (QED) is 0.138. The fourth-order valence-electron chi connectivity index (χ4n) is 7.21. The van der Waals surface area contributed by atoms with Crippen molar-refractivity contribution in [3.05, 3.63) is 116 Å². The molecule has 51 heavy (non-hydrogen) atoms. The van der Waals surface area contributed by atoms with E-state index in [2.05, 4.69) is 20.8 Å². The Morgan fingerprint density at radius 2 is 0.686 bits per heavy atom. The Balaban J connectivity index is 2.02. The van der Waals surface area contributed by atoms with E-state index in [0.29, 0.717) is 33.4 Å². The summed E-state index contributed by atoms with van der Waals surface area (Å²) in [5.74, 6) is 0.751. The molecule has 0 aliphatic heterocycles. The molecule has 4 rings (SSSR count). The number of rotatable bonds is 12. The monoisotopic (exact) mass is 699 g/mol. The smallest absolute Gasteiger partial charge is 0.336 e. The summed E-state index contributed by atoms with van der Waals surface area (Å²) in [6.07, 6.45) is 2.50. The second kappa shape index (κ2) is 15.4. The molecule has 4 aromatic rings. The number of benzene rings is 3. The lowest BCUT2D eigenvalue weighted by molar-refractivity contribution is 0.450. The molecule has 9 heteroatoms. The number of hydrogen-bond donors (Lipinski definition) is 3. The molecule has 1 heterocycles. The molecule has 9 nitrogen and oxygen atoms in total. The van der Waals surface area contributed by atoms with Gasteiger partial charge in [0, 0.05) is 0 Å². The number of aromatic nitrogens is 3. The minimum Gasteiger partial charge on any atom is -0.507 e. The molecule has 0 amide bonds. The summed E-state index contributed by atoms with van der Waals surface area (Å²) in [5.41, 5.74) is 6.18. The van der Waals surface area contributed by atoms with Crippen molar-refractivity contribution in [3.8, 4) is 17.2 Å². The lowest BCUT2D eigenvalue weighted by Gasteiger charge is -2.22. The highest BCUT2D eigenvalue weighted by Gasteiger charge is 2.24. The molecule has 3 atom stereocenters. The van der Waals surface area contributed by atoms with Crippen molar-refractivity contribution < 1.29 is 15.3 Å². The van der Waals surface area contributed by atoms with E-state index in [9.17, 15) is 29.7 Å². The molecule has 1 aromatic heterocycles. The van der Waals surface area contributed by atoms with Crippen molar-refractivity contribution >= 4 is 0 Å². The average Bonchev–Trinajstić information content (AvgIpc) is 3.10. The predicted octanol–water partition coefficient (Wildman–Crippen LogP) is 7.82. The van der Waals surface area contributed by atoms with Crippen molar-refractivity contribution in [2.24, 2.45) is 0 Å². The van der Waals surface area contributed by atoms with Crippen LogP contribution in [-0.4, -0.2) is 29.0 Å². The number of phenols is 3. The SMILES string of the molecule is CCC(C)c1cc(C)c(Cn2c(=O)n(Cc3c(C)cc(C(C)CC)c(O)c3C)c(=O)n(Cc3c(C)cc(C(C)CC)c(O)c3C)c2=O)c(C)c1O. The van der Waals surface area contributed by atoms with E-state index < -0.39 is 17.1 Å². The van der Waals surface area contributed by atoms with Crippen LogP contribution >= 0.6 is 0 Å². The summed E-state index contributed by atoms with van der Waals surface area (Å²) < 4.78 is 3.19. The summed E-state index contributed by atoms with van der Waals surface area (Å²) in [6, 6.07) is 5.73. The van der Waals surface area contributed by atoms with Crippen LogP contribution in [0.5, 0.6) is 17.2 Å². The molecule has 0 saturated carbocycles. The van der Waals surface area contributed by atoms with Crippen LogP contribution in [0.15, 0.2) is 32.6 Å². The van der Waals surface area contributed by atoms with E-state index in [1.807, 2.05) is 59.7 Å². The number of aromatic hydroxyl groups is 3. The van der Waals surface area contributed by atoms with Gasteiger partial charge in [-0.2, -0.15) is 0 Å². The van der Waals surface area contributed by atoms with Crippen LogP contribution in [0.1, 0.15) is 145 Å². The summed E-state index contributed by atoms with van der Waals surface area (Å²) >= 11 is 0. The van der Waals surface area contributed by atoms with Gasteiger partial charge in [-0.1, -0.05) is 59.7 Å². The van der Waals surface area contributed by atoms with Crippen LogP contribution in [0.25, 0.3) is 0 Å². The summed E-state index contributed by atoms with van der Waals surface area (Å²) in [7, 11) is 0. The van der Waals surface area contributed by atoms with Crippen molar-refractivity contribution in [2.45, 2.75) is 140 Å². The Bertz CT molecular complexity index is 1880. The third-order valence-corrected chi connectivity index (χ3v) is 11.6. The van der Waals surface area contributed by atoms with Gasteiger partial charge in [-0.3, -0.25) is 0 Å². The number of nitrogens with zero attached hydrogens (tertiary/aromatic N) is 3. The minimum absolute atomic E-state index is 0.113. The first kappa shape index (κ1) is 39.3. The van der Waals surface area contributed by atoms with Crippen molar-refractivity contribution in [2.75, 3.05) is 0 Å². The zero-order chi connectivity index (χ0) is 38.2. The van der Waals surface area contributed by atoms with Gasteiger partial charge in [-0.05, 0) is 145 Å². The highest BCUT2D eigenvalue weighted by molar-refractivity contribution is 5.52. The Kier molecular flexibility index (Phi) is 11.8. The topological polar surface area (TPSA) is 127 Å². The van der Waals surface area contributed by atoms with Crippen molar-refractivity contribution in [3.63, 3.8) is 0 Å². The van der Waals surface area contributed by atoms with Crippen molar-refractivity contribution in [1.29, 1.82) is 0 Å². The summed E-state index contributed by atoms with van der Waals surface area (Å²) in [6.45, 7) is 22.9. The largest absolute Gasteiger partial charge is 0.507 e. The molecule has 0 fully saturated rings. The van der Waals surface area contributed by atoms with Gasteiger partial charge in [0.15, 0.2) is 0 Å². The van der Waals surface area contributed by atoms with Gasteiger partial charge in [-0.15, -0.1) is 0 Å². The van der Waals surface area contributed by atoms with Crippen LogP contribution in [0, 0.1) is 41.5 Å². The molecule has 0 radical (unpaired) electrons. The third-order valence-electron chi connectivity index (χ3n) is 11.6. The van der Waals surface area contributed by atoms with Crippen LogP contribution in [0.3, 0.4) is 0 Å². The first-order valence-electron chi connectivity index (χ1n) is 18.3. The predicted molar refractivity (Wildman–Crippen MR) is 205 cm³/mol. The van der Waals surface area contributed by atoms with Crippen LogP contribution in [0.2, 0.25) is 0 Å². The molecule has 0 bridgehead atoms.